The Balaban J connectivity index is 1.39. The topological polar surface area (TPSA) is 107 Å². The Morgan fingerprint density at radius 2 is 1.91 bits per heavy atom. The Kier molecular flexibility index (Phi) is 6.68. The lowest BCUT2D eigenvalue weighted by Crippen LogP contribution is -2.53. The van der Waals surface area contributed by atoms with Gasteiger partial charge in [-0.15, -0.1) is 0 Å². The zero-order valence-electron chi connectivity index (χ0n) is 17.7. The lowest BCUT2D eigenvalue weighted by atomic mass is 9.99. The predicted molar refractivity (Wildman–Crippen MR) is 124 cm³/mol. The van der Waals surface area contributed by atoms with Crippen molar-refractivity contribution in [1.29, 1.82) is 0 Å². The summed E-state index contributed by atoms with van der Waals surface area (Å²) in [5.74, 6) is 0.652. The number of H-pyrrole nitrogens is 1. The Labute approximate surface area is 192 Å². The Morgan fingerprint density at radius 1 is 1.16 bits per heavy atom. The maximum absolute atomic E-state index is 13.3. The van der Waals surface area contributed by atoms with Gasteiger partial charge in [0.2, 0.25) is 10.0 Å². The molecule has 2 heterocycles. The van der Waals surface area contributed by atoms with Crippen molar-refractivity contribution in [2.45, 2.75) is 49.7 Å². The number of carbonyl (C=O) groups is 1. The first-order chi connectivity index (χ1) is 15.3. The number of rotatable bonds is 6. The monoisotopic (exact) mass is 475 g/mol. The molecule has 0 aliphatic carbocycles. The molecule has 32 heavy (non-hydrogen) atoms. The summed E-state index contributed by atoms with van der Waals surface area (Å²) in [6, 6.07) is 13.0. The van der Waals surface area contributed by atoms with Crippen LogP contribution in [0.5, 0.6) is 0 Å². The molecule has 3 N–H and O–H groups in total. The van der Waals surface area contributed by atoms with Gasteiger partial charge < -0.3 is 15.6 Å². The van der Waals surface area contributed by atoms with Crippen molar-refractivity contribution in [1.82, 2.24) is 24.9 Å². The molecule has 2 atom stereocenters. The van der Waals surface area contributed by atoms with Crippen LogP contribution in [0.4, 0.5) is 4.79 Å². The van der Waals surface area contributed by atoms with E-state index in [0.29, 0.717) is 17.3 Å². The molecule has 0 bridgehead atoms. The van der Waals surface area contributed by atoms with Gasteiger partial charge in [0, 0.05) is 23.7 Å². The molecule has 1 saturated heterocycles. The zero-order valence-corrected chi connectivity index (χ0v) is 19.3. The van der Waals surface area contributed by atoms with Crippen molar-refractivity contribution in [3.05, 3.63) is 59.4 Å². The second kappa shape index (κ2) is 9.48. The molecule has 2 amide bonds. The maximum atomic E-state index is 13.3. The highest BCUT2D eigenvalue weighted by molar-refractivity contribution is 7.89. The molecule has 3 aromatic rings. The number of aromatic amines is 1. The molecular formula is C22H26ClN5O3S. The zero-order chi connectivity index (χ0) is 22.7. The molecule has 0 saturated carbocycles. The number of para-hydroxylation sites is 2. The molecule has 8 nitrogen and oxygen atoms in total. The maximum Gasteiger partial charge on any atom is 0.315 e. The van der Waals surface area contributed by atoms with E-state index in [1.165, 1.54) is 16.4 Å². The number of piperidine rings is 1. The highest BCUT2D eigenvalue weighted by atomic mass is 35.5. The average Bonchev–Trinajstić information content (AvgIpc) is 3.19. The molecule has 1 aliphatic rings. The number of carbonyl (C=O) groups excluding carboxylic acids is 1. The molecule has 10 heteroatoms. The van der Waals surface area contributed by atoms with Gasteiger partial charge >= 0.3 is 6.03 Å². The van der Waals surface area contributed by atoms with Crippen LogP contribution in [0.1, 0.15) is 32.0 Å². The van der Waals surface area contributed by atoms with Gasteiger partial charge in [-0.1, -0.05) is 30.2 Å². The quantitative estimate of drug-likeness (QED) is 0.505. The Morgan fingerprint density at radius 3 is 2.66 bits per heavy atom. The number of hydrogen-bond acceptors (Lipinski definition) is 4. The van der Waals surface area contributed by atoms with Crippen molar-refractivity contribution in [3.8, 4) is 0 Å². The lowest BCUT2D eigenvalue weighted by molar-refractivity contribution is 0.185. The van der Waals surface area contributed by atoms with Crippen molar-refractivity contribution in [2.24, 2.45) is 0 Å². The van der Waals surface area contributed by atoms with Crippen molar-refractivity contribution in [3.63, 3.8) is 0 Å². The number of nitrogens with zero attached hydrogens (tertiary/aromatic N) is 2. The van der Waals surface area contributed by atoms with Crippen LogP contribution in [0.3, 0.4) is 0 Å². The van der Waals surface area contributed by atoms with E-state index in [0.717, 1.165) is 23.9 Å². The van der Waals surface area contributed by atoms with Gasteiger partial charge in [-0.25, -0.2) is 18.2 Å². The van der Waals surface area contributed by atoms with Gasteiger partial charge in [-0.2, -0.15) is 4.31 Å². The molecule has 0 radical (unpaired) electrons. The Bertz CT molecular complexity index is 1160. The van der Waals surface area contributed by atoms with Crippen LogP contribution in [0.15, 0.2) is 53.4 Å². The van der Waals surface area contributed by atoms with E-state index in [2.05, 4.69) is 20.6 Å². The van der Waals surface area contributed by atoms with Crippen LogP contribution >= 0.6 is 11.6 Å². The fourth-order valence-corrected chi connectivity index (χ4v) is 6.14. The standard InChI is InChI=1S/C22H26ClN5O3S/c1-15-5-4-6-17(28(15)32(30,31)18-11-9-16(23)10-12-18)13-24-22(29)25-14-21-26-19-7-2-3-8-20(19)27-21/h2-3,7-12,15,17H,4-6,13-14H2,1H3,(H,26,27)(H2,24,25,29)/t15-,17-/m1/s1. The molecule has 0 spiro atoms. The van der Waals surface area contributed by atoms with E-state index >= 15 is 0 Å². The van der Waals surface area contributed by atoms with Crippen molar-refractivity contribution < 1.29 is 13.2 Å². The van der Waals surface area contributed by atoms with E-state index in [4.69, 9.17) is 11.6 Å². The SMILES string of the molecule is C[C@@H]1CCC[C@H](CNC(=O)NCc2nc3ccccc3[nH]2)N1S(=O)(=O)c1ccc(Cl)cc1. The third-order valence-electron chi connectivity index (χ3n) is 5.70. The first-order valence-corrected chi connectivity index (χ1v) is 12.4. The number of halogens is 1. The molecule has 1 fully saturated rings. The van der Waals surface area contributed by atoms with E-state index in [9.17, 15) is 13.2 Å². The average molecular weight is 476 g/mol. The summed E-state index contributed by atoms with van der Waals surface area (Å²) in [5.41, 5.74) is 1.74. The van der Waals surface area contributed by atoms with Gasteiger partial charge in [0.15, 0.2) is 0 Å². The molecule has 1 aliphatic heterocycles. The number of fused-ring (bicyclic) bond motifs is 1. The Hall–Kier alpha value is -2.62. The van der Waals surface area contributed by atoms with Crippen LogP contribution in [0.2, 0.25) is 5.02 Å². The summed E-state index contributed by atoms with van der Waals surface area (Å²) < 4.78 is 28.1. The number of sulfonamides is 1. The van der Waals surface area contributed by atoms with Crippen LogP contribution in [0.25, 0.3) is 11.0 Å². The van der Waals surface area contributed by atoms with Gasteiger partial charge in [-0.3, -0.25) is 0 Å². The van der Waals surface area contributed by atoms with E-state index in [-0.39, 0.29) is 36.1 Å². The summed E-state index contributed by atoms with van der Waals surface area (Å²) in [5, 5.41) is 6.08. The smallest absolute Gasteiger partial charge is 0.315 e. The number of amides is 2. The molecule has 1 aromatic heterocycles. The number of aromatic nitrogens is 2. The summed E-state index contributed by atoms with van der Waals surface area (Å²) >= 11 is 5.92. The van der Waals surface area contributed by atoms with Crippen LogP contribution in [-0.4, -0.2) is 47.4 Å². The van der Waals surface area contributed by atoms with Crippen molar-refractivity contribution in [2.75, 3.05) is 6.54 Å². The summed E-state index contributed by atoms with van der Waals surface area (Å²) in [6.45, 7) is 2.37. The third kappa shape index (κ3) is 4.90. The van der Waals surface area contributed by atoms with Gasteiger partial charge in [0.25, 0.3) is 0 Å². The number of urea groups is 1. The molecule has 170 valence electrons. The number of hydrogen-bond donors (Lipinski definition) is 3. The molecule has 4 rings (SSSR count). The second-order valence-corrected chi connectivity index (χ2v) is 10.3. The van der Waals surface area contributed by atoms with Crippen LogP contribution < -0.4 is 10.6 Å². The second-order valence-electron chi connectivity index (χ2n) is 7.99. The first kappa shape index (κ1) is 22.6. The summed E-state index contributed by atoms with van der Waals surface area (Å²) in [4.78, 5) is 20.2. The van der Waals surface area contributed by atoms with Crippen molar-refractivity contribution >= 4 is 38.7 Å². The highest BCUT2D eigenvalue weighted by Gasteiger charge is 2.37. The normalized spacial score (nSPS) is 19.7. The van der Waals surface area contributed by atoms with Gasteiger partial charge in [-0.05, 0) is 56.2 Å². The fraction of sp³-hybridized carbons (Fsp3) is 0.364. The minimum absolute atomic E-state index is 0.158. The predicted octanol–water partition coefficient (Wildman–Crippen LogP) is 3.65. The molecule has 2 aromatic carbocycles. The van der Waals surface area contributed by atoms with E-state index in [1.807, 2.05) is 31.2 Å². The molecule has 0 unspecified atom stereocenters. The number of nitrogens with one attached hydrogen (secondary N) is 3. The van der Waals surface area contributed by atoms with Gasteiger partial charge in [0.05, 0.1) is 22.5 Å². The highest BCUT2D eigenvalue weighted by Crippen LogP contribution is 2.30. The van der Waals surface area contributed by atoms with Crippen LogP contribution in [0, 0.1) is 0 Å². The number of benzene rings is 2. The van der Waals surface area contributed by atoms with E-state index < -0.39 is 10.0 Å². The van der Waals surface area contributed by atoms with Gasteiger partial charge in [0.1, 0.15) is 5.82 Å². The minimum atomic E-state index is -3.71. The summed E-state index contributed by atoms with van der Waals surface area (Å²) in [6.07, 6.45) is 2.36. The minimum Gasteiger partial charge on any atom is -0.340 e. The largest absolute Gasteiger partial charge is 0.340 e. The number of imidazole rings is 1. The third-order valence-corrected chi connectivity index (χ3v) is 8.03. The fourth-order valence-electron chi connectivity index (χ4n) is 4.14. The lowest BCUT2D eigenvalue weighted by Gasteiger charge is -2.39. The first-order valence-electron chi connectivity index (χ1n) is 10.6. The molecular weight excluding hydrogens is 450 g/mol. The summed E-state index contributed by atoms with van der Waals surface area (Å²) in [7, 11) is -3.71. The van der Waals surface area contributed by atoms with E-state index in [1.54, 1.807) is 12.1 Å². The van der Waals surface area contributed by atoms with Crippen LogP contribution in [-0.2, 0) is 16.6 Å².